The zero-order valence-corrected chi connectivity index (χ0v) is 18.4. The topological polar surface area (TPSA) is 115 Å². The number of aromatic nitrogens is 3. The minimum Gasteiger partial charge on any atom is -0.497 e. The van der Waals surface area contributed by atoms with Crippen LogP contribution < -0.4 is 20.1 Å². The number of nitrogens with one attached hydrogen (secondary N) is 2. The molecule has 3 rings (SSSR count). The molecule has 0 radical (unpaired) electrons. The number of ether oxygens (including phenoxy) is 2. The van der Waals surface area contributed by atoms with E-state index in [1.807, 2.05) is 26.0 Å². The number of rotatable bonds is 8. The summed E-state index contributed by atoms with van der Waals surface area (Å²) in [5, 5.41) is 14.5. The van der Waals surface area contributed by atoms with E-state index in [0.717, 1.165) is 0 Å². The van der Waals surface area contributed by atoms with Crippen molar-refractivity contribution >= 4 is 28.3 Å². The Morgan fingerprint density at radius 3 is 2.32 bits per heavy atom. The van der Waals surface area contributed by atoms with Crippen LogP contribution in [0, 0.1) is 5.92 Å². The molecule has 0 spiro atoms. The van der Waals surface area contributed by atoms with Crippen molar-refractivity contribution in [3.63, 3.8) is 0 Å². The van der Waals surface area contributed by atoms with E-state index in [1.165, 1.54) is 25.6 Å². The van der Waals surface area contributed by atoms with Gasteiger partial charge in [-0.15, -0.1) is 10.2 Å². The molecular weight excluding hydrogens is 418 g/mol. The van der Waals surface area contributed by atoms with E-state index in [0.29, 0.717) is 32.9 Å². The average Bonchev–Trinajstić information content (AvgIpc) is 3.25. The fourth-order valence-corrected chi connectivity index (χ4v) is 3.47. The van der Waals surface area contributed by atoms with Gasteiger partial charge in [0.2, 0.25) is 11.0 Å². The molecule has 0 aliphatic rings. The van der Waals surface area contributed by atoms with Gasteiger partial charge in [0.1, 0.15) is 23.2 Å². The van der Waals surface area contributed by atoms with Gasteiger partial charge in [0.05, 0.1) is 14.2 Å². The molecule has 162 valence electrons. The van der Waals surface area contributed by atoms with Gasteiger partial charge in [-0.2, -0.15) is 0 Å². The first kappa shape index (κ1) is 22.2. The van der Waals surface area contributed by atoms with Gasteiger partial charge in [0, 0.05) is 17.8 Å². The number of hydrogen-bond acceptors (Lipinski definition) is 8. The Hall–Kier alpha value is -3.53. The molecule has 0 saturated carbocycles. The predicted octanol–water partition coefficient (Wildman–Crippen LogP) is 3.01. The Labute approximate surface area is 183 Å². The fraction of sp³-hybridized carbons (Fsp3) is 0.286. The number of carbonyl (C=O) groups excluding carboxylic acids is 2. The number of methoxy groups -OCH3 is 2. The van der Waals surface area contributed by atoms with Crippen LogP contribution in [0.3, 0.4) is 0 Å². The number of hydrogen-bond donors (Lipinski definition) is 2. The Morgan fingerprint density at radius 2 is 1.74 bits per heavy atom. The Balaban J connectivity index is 1.73. The first-order chi connectivity index (χ1) is 14.9. The highest BCUT2D eigenvalue weighted by molar-refractivity contribution is 7.18. The maximum Gasteiger partial charge on any atom is 0.252 e. The second-order valence-corrected chi connectivity index (χ2v) is 7.89. The maximum atomic E-state index is 12.9. The summed E-state index contributed by atoms with van der Waals surface area (Å²) in [7, 11) is 3.00. The van der Waals surface area contributed by atoms with E-state index in [-0.39, 0.29) is 11.8 Å². The molecular formula is C21H23N5O4S. The van der Waals surface area contributed by atoms with Crippen LogP contribution in [0.2, 0.25) is 0 Å². The van der Waals surface area contributed by atoms with Crippen molar-refractivity contribution < 1.29 is 19.1 Å². The Morgan fingerprint density at radius 1 is 1.03 bits per heavy atom. The smallest absolute Gasteiger partial charge is 0.252 e. The largest absolute Gasteiger partial charge is 0.497 e. The summed E-state index contributed by atoms with van der Waals surface area (Å²) in [5.41, 5.74) is 0.990. The minimum atomic E-state index is -0.785. The lowest BCUT2D eigenvalue weighted by Gasteiger charge is -2.21. The van der Waals surface area contributed by atoms with E-state index in [9.17, 15) is 9.59 Å². The van der Waals surface area contributed by atoms with Crippen LogP contribution in [0.4, 0.5) is 5.13 Å². The SMILES string of the molecule is COc1cc(OC)cc(C(=O)NC(C(=O)Nc2nnc(-c3ccccn3)s2)C(C)C)c1. The normalized spacial score (nSPS) is 11.6. The highest BCUT2D eigenvalue weighted by Gasteiger charge is 2.26. The van der Waals surface area contributed by atoms with E-state index >= 15 is 0 Å². The first-order valence-electron chi connectivity index (χ1n) is 9.51. The third-order valence-corrected chi connectivity index (χ3v) is 5.25. The van der Waals surface area contributed by atoms with Gasteiger partial charge in [0.25, 0.3) is 5.91 Å². The van der Waals surface area contributed by atoms with Crippen molar-refractivity contribution in [2.75, 3.05) is 19.5 Å². The molecule has 0 saturated heterocycles. The summed E-state index contributed by atoms with van der Waals surface area (Å²) in [6, 6.07) is 9.51. The van der Waals surface area contributed by atoms with Crippen LogP contribution in [0.15, 0.2) is 42.6 Å². The predicted molar refractivity (Wildman–Crippen MR) is 117 cm³/mol. The summed E-state index contributed by atoms with van der Waals surface area (Å²) in [4.78, 5) is 29.9. The molecule has 2 aromatic heterocycles. The van der Waals surface area contributed by atoms with Crippen molar-refractivity contribution in [2.45, 2.75) is 19.9 Å². The molecule has 0 fully saturated rings. The second kappa shape index (κ2) is 9.98. The summed E-state index contributed by atoms with van der Waals surface area (Å²) in [5.74, 6) is -0.0176. The standard InChI is InChI=1S/C21H23N5O4S/c1-12(2)17(23-18(27)13-9-14(29-3)11-15(10-13)30-4)19(28)24-21-26-25-20(31-21)16-7-5-6-8-22-16/h5-12,17H,1-4H3,(H,23,27)(H,24,26,28). The first-order valence-corrected chi connectivity index (χ1v) is 10.3. The van der Waals surface area contributed by atoms with Crippen LogP contribution >= 0.6 is 11.3 Å². The number of carbonyl (C=O) groups is 2. The van der Waals surface area contributed by atoms with Crippen molar-refractivity contribution in [1.29, 1.82) is 0 Å². The van der Waals surface area contributed by atoms with Gasteiger partial charge >= 0.3 is 0 Å². The van der Waals surface area contributed by atoms with Crippen molar-refractivity contribution in [3.8, 4) is 22.2 Å². The molecule has 0 aliphatic carbocycles. The van der Waals surface area contributed by atoms with E-state index in [2.05, 4.69) is 25.8 Å². The van der Waals surface area contributed by atoms with Crippen LogP contribution in [0.1, 0.15) is 24.2 Å². The molecule has 9 nitrogen and oxygen atoms in total. The molecule has 2 heterocycles. The summed E-state index contributed by atoms with van der Waals surface area (Å²) >= 11 is 1.21. The van der Waals surface area contributed by atoms with E-state index in [1.54, 1.807) is 30.5 Å². The monoisotopic (exact) mass is 441 g/mol. The molecule has 3 aromatic rings. The van der Waals surface area contributed by atoms with Crippen LogP contribution in [0.5, 0.6) is 11.5 Å². The van der Waals surface area contributed by atoms with Gasteiger partial charge < -0.3 is 14.8 Å². The number of pyridine rings is 1. The molecule has 2 N–H and O–H groups in total. The van der Waals surface area contributed by atoms with E-state index < -0.39 is 11.9 Å². The molecule has 1 unspecified atom stereocenters. The molecule has 10 heteroatoms. The lowest BCUT2D eigenvalue weighted by atomic mass is 10.0. The quantitative estimate of drug-likeness (QED) is 0.552. The van der Waals surface area contributed by atoms with Crippen molar-refractivity contribution in [3.05, 3.63) is 48.2 Å². The Bertz CT molecular complexity index is 1030. The highest BCUT2D eigenvalue weighted by Crippen LogP contribution is 2.25. The Kier molecular flexibility index (Phi) is 7.14. The van der Waals surface area contributed by atoms with Crippen molar-refractivity contribution in [1.82, 2.24) is 20.5 Å². The molecule has 1 atom stereocenters. The maximum absolute atomic E-state index is 12.9. The number of benzene rings is 1. The van der Waals surface area contributed by atoms with E-state index in [4.69, 9.17) is 9.47 Å². The summed E-state index contributed by atoms with van der Waals surface area (Å²) in [6.45, 7) is 3.69. The highest BCUT2D eigenvalue weighted by atomic mass is 32.1. The third-order valence-electron chi connectivity index (χ3n) is 4.39. The van der Waals surface area contributed by atoms with Gasteiger partial charge in [-0.25, -0.2) is 0 Å². The summed E-state index contributed by atoms with van der Waals surface area (Å²) < 4.78 is 10.4. The van der Waals surface area contributed by atoms with Crippen LogP contribution in [0.25, 0.3) is 10.7 Å². The molecule has 31 heavy (non-hydrogen) atoms. The molecule has 0 aliphatic heterocycles. The lowest BCUT2D eigenvalue weighted by Crippen LogP contribution is -2.47. The number of nitrogens with zero attached hydrogens (tertiary/aromatic N) is 3. The van der Waals surface area contributed by atoms with Crippen LogP contribution in [-0.2, 0) is 4.79 Å². The van der Waals surface area contributed by atoms with Gasteiger partial charge in [-0.3, -0.25) is 19.9 Å². The molecule has 2 amide bonds. The molecule has 1 aromatic carbocycles. The van der Waals surface area contributed by atoms with Crippen molar-refractivity contribution in [2.24, 2.45) is 5.92 Å². The van der Waals surface area contributed by atoms with Gasteiger partial charge in [-0.05, 0) is 30.2 Å². The fourth-order valence-electron chi connectivity index (χ4n) is 2.75. The van der Waals surface area contributed by atoms with Gasteiger partial charge in [0.15, 0.2) is 5.01 Å². The zero-order valence-electron chi connectivity index (χ0n) is 17.6. The average molecular weight is 442 g/mol. The van der Waals surface area contributed by atoms with Gasteiger partial charge in [-0.1, -0.05) is 31.3 Å². The zero-order chi connectivity index (χ0) is 22.4. The minimum absolute atomic E-state index is 0.167. The summed E-state index contributed by atoms with van der Waals surface area (Å²) in [6.07, 6.45) is 1.66. The number of anilines is 1. The lowest BCUT2D eigenvalue weighted by molar-refractivity contribution is -0.118. The second-order valence-electron chi connectivity index (χ2n) is 6.91. The molecule has 0 bridgehead atoms. The van der Waals surface area contributed by atoms with Crippen LogP contribution in [-0.4, -0.2) is 47.3 Å². The third kappa shape index (κ3) is 5.54. The number of amides is 2.